The maximum atomic E-state index is 13.2. The average molecular weight is 348 g/mol. The largest absolute Gasteiger partial charge is 0.393 e. The van der Waals surface area contributed by atoms with E-state index in [9.17, 15) is 23.2 Å². The maximum absolute atomic E-state index is 13.2. The predicted octanol–water partition coefficient (Wildman–Crippen LogP) is 2.74. The third kappa shape index (κ3) is 3.09. The lowest BCUT2D eigenvalue weighted by Gasteiger charge is -2.40. The lowest BCUT2D eigenvalue weighted by atomic mass is 9.90. The first kappa shape index (κ1) is 17.0. The Balaban J connectivity index is 2.12. The summed E-state index contributed by atoms with van der Waals surface area (Å²) in [5.41, 5.74) is 6.56. The summed E-state index contributed by atoms with van der Waals surface area (Å²) < 4.78 is 39.6. The van der Waals surface area contributed by atoms with Gasteiger partial charge in [0.15, 0.2) is 0 Å². The van der Waals surface area contributed by atoms with Gasteiger partial charge in [0.1, 0.15) is 12.1 Å². The Hall–Kier alpha value is -2.82. The van der Waals surface area contributed by atoms with E-state index >= 15 is 0 Å². The van der Waals surface area contributed by atoms with Crippen LogP contribution in [0.4, 0.5) is 18.9 Å². The monoisotopic (exact) mass is 348 g/mol. The van der Waals surface area contributed by atoms with Gasteiger partial charge in [-0.3, -0.25) is 9.78 Å². The Morgan fingerprint density at radius 2 is 2.08 bits per heavy atom. The highest BCUT2D eigenvalue weighted by Crippen LogP contribution is 2.39. The van der Waals surface area contributed by atoms with Crippen LogP contribution in [-0.4, -0.2) is 29.7 Å². The number of primary amides is 1. The van der Waals surface area contributed by atoms with E-state index in [0.717, 1.165) is 0 Å². The molecule has 0 bridgehead atoms. The van der Waals surface area contributed by atoms with E-state index in [1.807, 2.05) is 6.07 Å². The number of nitrogens with zero attached hydrogens (tertiary/aromatic N) is 3. The molecule has 2 N–H and O–H groups in total. The molecule has 1 amide bonds. The molecule has 1 unspecified atom stereocenters. The van der Waals surface area contributed by atoms with Gasteiger partial charge in [-0.2, -0.15) is 18.4 Å². The van der Waals surface area contributed by atoms with Crippen LogP contribution in [0.5, 0.6) is 0 Å². The summed E-state index contributed by atoms with van der Waals surface area (Å²) in [7, 11) is 0. The topological polar surface area (TPSA) is 83.0 Å². The van der Waals surface area contributed by atoms with E-state index in [1.54, 1.807) is 18.2 Å². The highest BCUT2D eigenvalue weighted by molar-refractivity contribution is 5.97. The van der Waals surface area contributed by atoms with Gasteiger partial charge in [0.05, 0.1) is 17.0 Å². The number of rotatable bonds is 2. The quantitative estimate of drug-likeness (QED) is 0.905. The Morgan fingerprint density at radius 1 is 1.32 bits per heavy atom. The summed E-state index contributed by atoms with van der Waals surface area (Å²) >= 11 is 0. The number of piperidine rings is 1. The van der Waals surface area contributed by atoms with E-state index in [2.05, 4.69) is 4.98 Å². The van der Waals surface area contributed by atoms with Crippen molar-refractivity contribution in [3.05, 3.63) is 36.0 Å². The van der Waals surface area contributed by atoms with Crippen molar-refractivity contribution in [3.63, 3.8) is 0 Å². The molecule has 130 valence electrons. The van der Waals surface area contributed by atoms with Crippen LogP contribution in [0, 0.1) is 17.2 Å². The molecule has 0 aliphatic carbocycles. The number of carbonyl (C=O) groups excluding carboxylic acids is 1. The van der Waals surface area contributed by atoms with Gasteiger partial charge in [0, 0.05) is 23.8 Å². The minimum Gasteiger partial charge on any atom is -0.368 e. The number of nitriles is 1. The molecule has 1 aliphatic rings. The van der Waals surface area contributed by atoms with Crippen LogP contribution in [0.2, 0.25) is 0 Å². The molecule has 1 aromatic carbocycles. The van der Waals surface area contributed by atoms with Crippen molar-refractivity contribution in [1.82, 2.24) is 4.98 Å². The molecular formula is C17H15F3N4O. The number of pyridine rings is 1. The number of nitrogens with two attached hydrogens (primary N) is 1. The van der Waals surface area contributed by atoms with Crippen molar-refractivity contribution in [2.24, 2.45) is 11.7 Å². The number of carbonyl (C=O) groups is 1. The van der Waals surface area contributed by atoms with Gasteiger partial charge in [0.25, 0.3) is 0 Å². The zero-order valence-corrected chi connectivity index (χ0v) is 13.1. The minimum atomic E-state index is -4.35. The van der Waals surface area contributed by atoms with E-state index in [1.165, 1.54) is 17.2 Å². The molecular weight excluding hydrogens is 333 g/mol. The molecule has 5 nitrogen and oxygen atoms in total. The predicted molar refractivity (Wildman–Crippen MR) is 85.6 cm³/mol. The smallest absolute Gasteiger partial charge is 0.368 e. The molecule has 3 rings (SSSR count). The van der Waals surface area contributed by atoms with Gasteiger partial charge in [-0.1, -0.05) is 0 Å². The molecule has 0 saturated carbocycles. The SMILES string of the molecule is N#Cc1ccc(N2C[C@H](C(F)(F)F)CCC2C(N)=O)c2cccnc12. The normalized spacial score (nSPS) is 21.1. The number of alkyl halides is 3. The second-order valence-electron chi connectivity index (χ2n) is 6.03. The highest BCUT2D eigenvalue weighted by Gasteiger charge is 2.45. The molecule has 1 saturated heterocycles. The van der Waals surface area contributed by atoms with Crippen molar-refractivity contribution < 1.29 is 18.0 Å². The molecule has 2 heterocycles. The fourth-order valence-electron chi connectivity index (χ4n) is 3.30. The fourth-order valence-corrected chi connectivity index (χ4v) is 3.30. The van der Waals surface area contributed by atoms with Crippen LogP contribution in [0.3, 0.4) is 0 Å². The van der Waals surface area contributed by atoms with E-state index in [4.69, 9.17) is 5.73 Å². The number of hydrogen-bond acceptors (Lipinski definition) is 4. The number of hydrogen-bond donors (Lipinski definition) is 1. The second-order valence-corrected chi connectivity index (χ2v) is 6.03. The summed E-state index contributed by atoms with van der Waals surface area (Å²) in [6.45, 7) is -0.354. The molecule has 8 heteroatoms. The maximum Gasteiger partial charge on any atom is 0.393 e. The van der Waals surface area contributed by atoms with Gasteiger partial charge < -0.3 is 10.6 Å². The van der Waals surface area contributed by atoms with Crippen LogP contribution in [0.1, 0.15) is 18.4 Å². The van der Waals surface area contributed by atoms with Crippen molar-refractivity contribution >= 4 is 22.5 Å². The minimum absolute atomic E-state index is 0.0290. The third-order valence-corrected chi connectivity index (χ3v) is 4.55. The fraction of sp³-hybridized carbons (Fsp3) is 0.353. The van der Waals surface area contributed by atoms with Gasteiger partial charge in [-0.15, -0.1) is 0 Å². The first-order valence-electron chi connectivity index (χ1n) is 7.73. The van der Waals surface area contributed by atoms with E-state index in [-0.39, 0.29) is 19.4 Å². The summed E-state index contributed by atoms with van der Waals surface area (Å²) in [5, 5.41) is 9.72. The summed E-state index contributed by atoms with van der Waals surface area (Å²) in [4.78, 5) is 17.3. The van der Waals surface area contributed by atoms with Crippen LogP contribution >= 0.6 is 0 Å². The van der Waals surface area contributed by atoms with Crippen molar-refractivity contribution in [2.75, 3.05) is 11.4 Å². The van der Waals surface area contributed by atoms with Gasteiger partial charge in [-0.05, 0) is 37.1 Å². The molecule has 1 aromatic heterocycles. The first-order valence-corrected chi connectivity index (χ1v) is 7.73. The van der Waals surface area contributed by atoms with Crippen molar-refractivity contribution in [3.8, 4) is 6.07 Å². The number of halogens is 3. The highest BCUT2D eigenvalue weighted by atomic mass is 19.4. The summed E-state index contributed by atoms with van der Waals surface area (Å²) in [5.74, 6) is -2.20. The number of anilines is 1. The van der Waals surface area contributed by atoms with Crippen molar-refractivity contribution in [1.29, 1.82) is 5.26 Å². The lowest BCUT2D eigenvalue weighted by Crippen LogP contribution is -2.53. The first-order chi connectivity index (χ1) is 11.8. The van der Waals surface area contributed by atoms with Gasteiger partial charge in [-0.25, -0.2) is 0 Å². The second kappa shape index (κ2) is 6.24. The zero-order valence-electron chi connectivity index (χ0n) is 13.1. The third-order valence-electron chi connectivity index (χ3n) is 4.55. The molecule has 25 heavy (non-hydrogen) atoms. The van der Waals surface area contributed by atoms with Crippen LogP contribution in [-0.2, 0) is 4.79 Å². The Labute approximate surface area is 141 Å². The molecule has 2 aromatic rings. The van der Waals surface area contributed by atoms with Crippen LogP contribution in [0.15, 0.2) is 30.5 Å². The van der Waals surface area contributed by atoms with E-state index < -0.39 is 24.0 Å². The number of aromatic nitrogens is 1. The van der Waals surface area contributed by atoms with Crippen LogP contribution < -0.4 is 10.6 Å². The average Bonchev–Trinajstić information content (AvgIpc) is 2.59. The lowest BCUT2D eigenvalue weighted by molar-refractivity contribution is -0.177. The van der Waals surface area contributed by atoms with Gasteiger partial charge in [0.2, 0.25) is 5.91 Å². The molecule has 0 spiro atoms. The standard InChI is InChI=1S/C17H15F3N4O/c18-17(19,20)11-4-6-14(16(22)25)24(9-11)13-5-3-10(8-21)15-12(13)2-1-7-23-15/h1-3,5,7,11,14H,4,6,9H2,(H2,22,25)/t11-,14?/m1/s1. The molecule has 0 radical (unpaired) electrons. The number of fused-ring (bicyclic) bond motifs is 1. The Morgan fingerprint density at radius 3 is 2.72 bits per heavy atom. The van der Waals surface area contributed by atoms with Gasteiger partial charge >= 0.3 is 6.18 Å². The molecule has 2 atom stereocenters. The van der Waals surface area contributed by atoms with Crippen molar-refractivity contribution in [2.45, 2.75) is 25.1 Å². The number of benzene rings is 1. The van der Waals surface area contributed by atoms with Crippen LogP contribution in [0.25, 0.3) is 10.9 Å². The Bertz CT molecular complexity index is 859. The summed E-state index contributed by atoms with van der Waals surface area (Å²) in [6, 6.07) is 7.55. The summed E-state index contributed by atoms with van der Waals surface area (Å²) in [6.07, 6.45) is -2.95. The van der Waals surface area contributed by atoms with E-state index in [0.29, 0.717) is 22.2 Å². The number of amides is 1. The Kier molecular flexibility index (Phi) is 4.25. The molecule has 1 fully saturated rings. The zero-order chi connectivity index (χ0) is 18.2. The molecule has 1 aliphatic heterocycles.